The van der Waals surface area contributed by atoms with Crippen LogP contribution in [0, 0.1) is 0 Å². The Kier molecular flexibility index (Phi) is 2.88. The van der Waals surface area contributed by atoms with E-state index in [9.17, 15) is 4.55 Å². The van der Waals surface area contributed by atoms with Crippen LogP contribution in [-0.2, 0) is 11.2 Å². The van der Waals surface area contributed by atoms with Gasteiger partial charge in [0.2, 0.25) is 5.03 Å². The van der Waals surface area contributed by atoms with E-state index in [2.05, 4.69) is 20.4 Å². The highest BCUT2D eigenvalue weighted by Gasteiger charge is 2.32. The molecule has 0 amide bonds. The first-order valence-corrected chi connectivity index (χ1v) is 7.13. The average molecular weight is 276 g/mol. The zero-order chi connectivity index (χ0) is 13.4. The Bertz CT molecular complexity index is 597. The van der Waals surface area contributed by atoms with Crippen molar-refractivity contribution in [3.8, 4) is 0 Å². The van der Waals surface area contributed by atoms with Gasteiger partial charge in [-0.3, -0.25) is 15.4 Å². The van der Waals surface area contributed by atoms with Gasteiger partial charge >= 0.3 is 0 Å². The maximum atomic E-state index is 11.5. The molecule has 3 N–H and O–H groups in total. The van der Waals surface area contributed by atoms with Crippen molar-refractivity contribution in [2.45, 2.75) is 11.2 Å². The number of nitrogens with two attached hydrogens (primary N) is 1. The molecule has 2 unspecified atom stereocenters. The van der Waals surface area contributed by atoms with Gasteiger partial charge in [-0.2, -0.15) is 4.98 Å². The fourth-order valence-electron chi connectivity index (χ4n) is 1.98. The number of hydrazine groups is 1. The first kappa shape index (κ1) is 12.0. The van der Waals surface area contributed by atoms with Gasteiger partial charge in [-0.15, -0.1) is 0 Å². The number of aromatic nitrogens is 2. The van der Waals surface area contributed by atoms with Gasteiger partial charge in [-0.1, -0.05) is 0 Å². The molecule has 0 saturated heterocycles. The molecule has 0 aromatic carbocycles. The van der Waals surface area contributed by atoms with Crippen LogP contribution in [0.5, 0.6) is 0 Å². The van der Waals surface area contributed by atoms with Crippen LogP contribution in [0.2, 0.25) is 0 Å². The minimum atomic E-state index is -1.16. The first-order chi connectivity index (χ1) is 9.16. The van der Waals surface area contributed by atoms with Gasteiger partial charge in [0.05, 0.1) is 11.3 Å². The van der Waals surface area contributed by atoms with Crippen molar-refractivity contribution >= 4 is 23.0 Å². The van der Waals surface area contributed by atoms with Crippen molar-refractivity contribution in [1.29, 1.82) is 0 Å². The van der Waals surface area contributed by atoms with Crippen LogP contribution in [-0.4, -0.2) is 38.2 Å². The van der Waals surface area contributed by atoms with Gasteiger partial charge in [0.15, 0.2) is 6.17 Å². The van der Waals surface area contributed by atoms with Crippen LogP contribution in [0.1, 0.15) is 5.69 Å². The van der Waals surface area contributed by atoms with Gasteiger partial charge in [0.25, 0.3) is 0 Å². The van der Waals surface area contributed by atoms with E-state index in [0.29, 0.717) is 16.5 Å². The zero-order valence-corrected chi connectivity index (χ0v) is 11.0. The molecule has 0 radical (unpaired) electrons. The molecule has 19 heavy (non-hydrogen) atoms. The highest BCUT2D eigenvalue weighted by molar-refractivity contribution is 7.90. The zero-order valence-electron chi connectivity index (χ0n) is 10.1. The normalized spacial score (nSPS) is 22.4. The third kappa shape index (κ3) is 2.04. The summed E-state index contributed by atoms with van der Waals surface area (Å²) >= 11 is -1.16. The quantitative estimate of drug-likeness (QED) is 0.562. The number of nitrogens with one attached hydrogen (secondary N) is 1. The SMILES string of the molecule is C[S+]([O-])c1cc(C2=C(N)NN3C=CC=NC23)ncn1. The average Bonchev–Trinajstić information content (AvgIpc) is 2.74. The molecule has 1 aromatic heterocycles. The second-order valence-electron chi connectivity index (χ2n) is 4.06. The van der Waals surface area contributed by atoms with Gasteiger partial charge in [0, 0.05) is 29.7 Å². The van der Waals surface area contributed by atoms with E-state index >= 15 is 0 Å². The Morgan fingerprint density at radius 1 is 1.47 bits per heavy atom. The Balaban J connectivity index is 2.01. The molecule has 8 heteroatoms. The molecule has 0 spiro atoms. The van der Waals surface area contributed by atoms with E-state index in [1.54, 1.807) is 23.5 Å². The van der Waals surface area contributed by atoms with E-state index in [-0.39, 0.29) is 6.17 Å². The van der Waals surface area contributed by atoms with Gasteiger partial charge in [0.1, 0.15) is 18.4 Å². The summed E-state index contributed by atoms with van der Waals surface area (Å²) in [5, 5.41) is 2.26. The van der Waals surface area contributed by atoms with Crippen molar-refractivity contribution in [2.24, 2.45) is 10.7 Å². The second-order valence-corrected chi connectivity index (χ2v) is 5.38. The Morgan fingerprint density at radius 2 is 2.32 bits per heavy atom. The maximum absolute atomic E-state index is 11.5. The van der Waals surface area contributed by atoms with Crippen molar-refractivity contribution in [2.75, 3.05) is 6.26 Å². The number of aliphatic imine (C=N–C) groups is 1. The van der Waals surface area contributed by atoms with E-state index in [1.807, 2.05) is 12.3 Å². The molecule has 3 rings (SSSR count). The summed E-state index contributed by atoms with van der Waals surface area (Å²) in [7, 11) is 0. The molecule has 2 aliphatic heterocycles. The standard InChI is InChI=1S/C11H12N6OS/c1-19(18)8-5-7(14-6-15-8)9-10(12)16-17-4-2-3-13-11(9)17/h2-6,11,16H,12H2,1H3. The van der Waals surface area contributed by atoms with Gasteiger partial charge < -0.3 is 10.3 Å². The highest BCUT2D eigenvalue weighted by atomic mass is 32.2. The Morgan fingerprint density at radius 3 is 3.11 bits per heavy atom. The Hall–Kier alpha value is -2.06. The van der Waals surface area contributed by atoms with E-state index < -0.39 is 11.2 Å². The van der Waals surface area contributed by atoms with Crippen molar-refractivity contribution in [1.82, 2.24) is 20.4 Å². The minimum Gasteiger partial charge on any atom is -0.610 e. The third-order valence-corrected chi connectivity index (χ3v) is 3.65. The lowest BCUT2D eigenvalue weighted by molar-refractivity contribution is 0.291. The summed E-state index contributed by atoms with van der Waals surface area (Å²) in [5.41, 5.74) is 10.4. The Labute approximate surface area is 113 Å². The van der Waals surface area contributed by atoms with Crippen molar-refractivity contribution < 1.29 is 4.55 Å². The molecule has 98 valence electrons. The molecule has 0 aliphatic carbocycles. The van der Waals surface area contributed by atoms with Crippen molar-refractivity contribution in [3.05, 3.63) is 36.2 Å². The van der Waals surface area contributed by atoms with E-state index in [0.717, 1.165) is 5.57 Å². The number of allylic oxidation sites excluding steroid dienone is 1. The minimum absolute atomic E-state index is 0.252. The molecule has 2 atom stereocenters. The predicted octanol–water partition coefficient (Wildman–Crippen LogP) is -0.414. The van der Waals surface area contributed by atoms with Gasteiger partial charge in [-0.05, 0) is 6.08 Å². The molecule has 0 bridgehead atoms. The highest BCUT2D eigenvalue weighted by Crippen LogP contribution is 2.29. The number of hydrogen-bond acceptors (Lipinski definition) is 7. The lowest BCUT2D eigenvalue weighted by Crippen LogP contribution is -2.35. The molecule has 1 aromatic rings. The fourth-order valence-corrected chi connectivity index (χ4v) is 2.45. The number of hydrogen-bond donors (Lipinski definition) is 2. The van der Waals surface area contributed by atoms with Crippen LogP contribution in [0.25, 0.3) is 5.57 Å². The third-order valence-electron chi connectivity index (χ3n) is 2.83. The predicted molar refractivity (Wildman–Crippen MR) is 71.9 cm³/mol. The van der Waals surface area contributed by atoms with Crippen LogP contribution < -0.4 is 11.2 Å². The monoisotopic (exact) mass is 276 g/mol. The number of nitrogens with zero attached hydrogens (tertiary/aromatic N) is 4. The molecular formula is C11H12N6OS. The molecule has 2 aliphatic rings. The smallest absolute Gasteiger partial charge is 0.247 e. The molecule has 3 heterocycles. The number of fused-ring (bicyclic) bond motifs is 1. The lowest BCUT2D eigenvalue weighted by Gasteiger charge is -2.22. The van der Waals surface area contributed by atoms with Crippen molar-refractivity contribution in [3.63, 3.8) is 0 Å². The van der Waals surface area contributed by atoms with E-state index in [1.165, 1.54) is 6.33 Å². The second kappa shape index (κ2) is 4.56. The van der Waals surface area contributed by atoms with Gasteiger partial charge in [-0.25, -0.2) is 4.98 Å². The molecular weight excluding hydrogens is 264 g/mol. The summed E-state index contributed by atoms with van der Waals surface area (Å²) < 4.78 is 11.5. The summed E-state index contributed by atoms with van der Waals surface area (Å²) in [6.07, 6.45) is 8.07. The summed E-state index contributed by atoms with van der Waals surface area (Å²) in [5.74, 6) is 0.486. The largest absolute Gasteiger partial charge is 0.610 e. The van der Waals surface area contributed by atoms with Crippen LogP contribution in [0.15, 0.2) is 40.5 Å². The summed E-state index contributed by atoms with van der Waals surface area (Å²) in [6.45, 7) is 0. The summed E-state index contributed by atoms with van der Waals surface area (Å²) in [4.78, 5) is 12.5. The molecule has 0 fully saturated rings. The summed E-state index contributed by atoms with van der Waals surface area (Å²) in [6, 6.07) is 1.68. The first-order valence-electron chi connectivity index (χ1n) is 5.57. The van der Waals surface area contributed by atoms with Crippen LogP contribution in [0.3, 0.4) is 0 Å². The molecule has 0 saturated carbocycles. The van der Waals surface area contributed by atoms with E-state index in [4.69, 9.17) is 5.73 Å². The fraction of sp³-hybridized carbons (Fsp3) is 0.182. The van der Waals surface area contributed by atoms with Crippen LogP contribution >= 0.6 is 0 Å². The maximum Gasteiger partial charge on any atom is 0.247 e. The lowest BCUT2D eigenvalue weighted by atomic mass is 10.1. The number of rotatable bonds is 2. The van der Waals surface area contributed by atoms with Crippen LogP contribution in [0.4, 0.5) is 0 Å². The molecule has 7 nitrogen and oxygen atoms in total. The topological polar surface area (TPSA) is 102 Å².